The molecule has 2 heterocycles. The molecular weight excluding hydrogens is 462 g/mol. The predicted octanol–water partition coefficient (Wildman–Crippen LogP) is 5.17. The molecule has 5 rings (SSSR count). The van der Waals surface area contributed by atoms with E-state index in [9.17, 15) is 10.2 Å². The summed E-state index contributed by atoms with van der Waals surface area (Å²) in [4.78, 5) is 1.41. The Morgan fingerprint density at radius 2 is 1.71 bits per heavy atom. The van der Waals surface area contributed by atoms with Gasteiger partial charge >= 0.3 is 0 Å². The van der Waals surface area contributed by atoms with E-state index < -0.39 is 0 Å². The van der Waals surface area contributed by atoms with Crippen LogP contribution in [0.2, 0.25) is 0 Å². The van der Waals surface area contributed by atoms with Gasteiger partial charge in [0.1, 0.15) is 42.3 Å². The lowest BCUT2D eigenvalue weighted by molar-refractivity contribution is -0.917. The quantitative estimate of drug-likeness (QED) is 0.328. The van der Waals surface area contributed by atoms with E-state index in [1.807, 2.05) is 42.5 Å². The van der Waals surface area contributed by atoms with Crippen molar-refractivity contribution in [3.63, 3.8) is 0 Å². The molecule has 3 atom stereocenters. The van der Waals surface area contributed by atoms with E-state index in [2.05, 4.69) is 6.92 Å². The van der Waals surface area contributed by atoms with Crippen LogP contribution in [0.15, 0.2) is 66.7 Å². The minimum atomic E-state index is -0.363. The van der Waals surface area contributed by atoms with Gasteiger partial charge in [0.2, 0.25) is 0 Å². The minimum Gasteiger partial charge on any atom is -0.508 e. The molecule has 0 radical (unpaired) electrons. The fourth-order valence-electron chi connectivity index (χ4n) is 5.05. The summed E-state index contributed by atoms with van der Waals surface area (Å²) in [7, 11) is 0. The highest BCUT2D eigenvalue weighted by Crippen LogP contribution is 2.47. The van der Waals surface area contributed by atoms with Gasteiger partial charge in [-0.1, -0.05) is 35.9 Å². The maximum Gasteiger partial charge on any atom is 0.163 e. The lowest BCUT2D eigenvalue weighted by Crippen LogP contribution is -3.16. The molecule has 3 aromatic rings. The van der Waals surface area contributed by atoms with E-state index in [1.54, 1.807) is 24.3 Å². The smallest absolute Gasteiger partial charge is 0.163 e. The van der Waals surface area contributed by atoms with Crippen molar-refractivity contribution in [1.82, 2.24) is 0 Å². The third-order valence-corrected chi connectivity index (χ3v) is 7.51. The Hall–Kier alpha value is -3.15. The highest BCUT2D eigenvalue weighted by Gasteiger charge is 2.29. The first kappa shape index (κ1) is 23.6. The van der Waals surface area contributed by atoms with Crippen molar-refractivity contribution >= 4 is 22.7 Å². The zero-order chi connectivity index (χ0) is 24.4. The summed E-state index contributed by atoms with van der Waals surface area (Å²) in [6.07, 6.45) is 3.15. The third kappa shape index (κ3) is 5.12. The summed E-state index contributed by atoms with van der Waals surface area (Å²) in [5.74, 6) is 1.86. The third-order valence-electron chi connectivity index (χ3n) is 6.98. The molecule has 3 aromatic carbocycles. The highest BCUT2D eigenvalue weighted by atomic mass is 35.5. The lowest BCUT2D eigenvalue weighted by atomic mass is 9.86. The second-order valence-corrected chi connectivity index (χ2v) is 9.83. The molecular formula is C29H31ClNO4+. The minimum absolute atomic E-state index is 0.169. The molecule has 0 aliphatic carbocycles. The monoisotopic (exact) mass is 492 g/mol. The van der Waals surface area contributed by atoms with E-state index >= 15 is 0 Å². The summed E-state index contributed by atoms with van der Waals surface area (Å²) < 4.78 is 12.5. The van der Waals surface area contributed by atoms with Crippen LogP contribution in [0.5, 0.6) is 23.0 Å². The van der Waals surface area contributed by atoms with Crippen LogP contribution in [0.1, 0.15) is 49.0 Å². The summed E-state index contributed by atoms with van der Waals surface area (Å²) in [5, 5.41) is 19.8. The Morgan fingerprint density at radius 1 is 0.971 bits per heavy atom. The fraction of sp³-hybridized carbons (Fsp3) is 0.310. The molecule has 0 aromatic heterocycles. The molecule has 0 spiro atoms. The maximum absolute atomic E-state index is 10.0. The van der Waals surface area contributed by atoms with Crippen LogP contribution in [0.3, 0.4) is 0 Å². The number of hydrogen-bond donors (Lipinski definition) is 3. The van der Waals surface area contributed by atoms with Crippen molar-refractivity contribution in [3.8, 4) is 23.0 Å². The molecule has 3 N–H and O–H groups in total. The molecule has 5 nitrogen and oxygen atoms in total. The van der Waals surface area contributed by atoms with Gasteiger partial charge in [0.25, 0.3) is 0 Å². The molecule has 0 amide bonds. The largest absolute Gasteiger partial charge is 0.508 e. The van der Waals surface area contributed by atoms with E-state index in [4.69, 9.17) is 21.1 Å². The van der Waals surface area contributed by atoms with Gasteiger partial charge in [0, 0.05) is 23.6 Å². The van der Waals surface area contributed by atoms with Crippen molar-refractivity contribution in [2.24, 2.45) is 0 Å². The number of nitrogens with one attached hydrogen (secondary N) is 1. The normalized spacial score (nSPS) is 21.8. The molecule has 182 valence electrons. The predicted molar refractivity (Wildman–Crippen MR) is 138 cm³/mol. The topological polar surface area (TPSA) is 63.4 Å². The van der Waals surface area contributed by atoms with Gasteiger partial charge in [-0.2, -0.15) is 0 Å². The van der Waals surface area contributed by atoms with Crippen molar-refractivity contribution in [3.05, 3.63) is 83.4 Å². The van der Waals surface area contributed by atoms with Crippen molar-refractivity contribution in [2.45, 2.75) is 37.8 Å². The zero-order valence-corrected chi connectivity index (χ0v) is 20.6. The average molecular weight is 493 g/mol. The molecule has 2 aliphatic rings. The number of piperidine rings is 1. The summed E-state index contributed by atoms with van der Waals surface area (Å²) in [6.45, 7) is 4.70. The van der Waals surface area contributed by atoms with E-state index in [1.165, 1.54) is 17.7 Å². The highest BCUT2D eigenvalue weighted by molar-refractivity contribution is 6.19. The second-order valence-electron chi connectivity index (χ2n) is 9.30. The SMILES string of the molecule is CC1=C(c2ccc(O)cc2)[C@H](c2ccc(OCC[NH+]3CCCCC3Cl)cc2)Oc2cc(O)ccc21. The maximum atomic E-state index is 10.0. The first-order valence-electron chi connectivity index (χ1n) is 12.2. The summed E-state index contributed by atoms with van der Waals surface area (Å²) in [6, 6.07) is 20.4. The molecule has 2 aliphatic heterocycles. The number of alkyl halides is 1. The first-order chi connectivity index (χ1) is 17.0. The van der Waals surface area contributed by atoms with Crippen LogP contribution in [-0.2, 0) is 0 Å². The van der Waals surface area contributed by atoms with Gasteiger partial charge in [0.15, 0.2) is 5.50 Å². The number of likely N-dealkylation sites (tertiary alicyclic amines) is 1. The number of benzene rings is 3. The zero-order valence-electron chi connectivity index (χ0n) is 19.8. The molecule has 35 heavy (non-hydrogen) atoms. The number of phenols is 2. The number of allylic oxidation sites excluding steroid dienone is 1. The van der Waals surface area contributed by atoms with Gasteiger partial charge in [-0.05, 0) is 72.9 Å². The average Bonchev–Trinajstić information content (AvgIpc) is 2.86. The number of phenolic OH excluding ortho intramolecular Hbond substituents is 2. The van der Waals surface area contributed by atoms with Crippen molar-refractivity contribution < 1.29 is 24.6 Å². The Bertz CT molecular complexity index is 1210. The summed E-state index contributed by atoms with van der Waals surface area (Å²) in [5.41, 5.74) is 5.19. The fourth-order valence-corrected chi connectivity index (χ4v) is 5.42. The standard InChI is InChI=1S/C29H30ClNO4/c1-19-25-14-11-23(33)18-26(25)35-29(28(19)20-5-9-22(32)10-6-20)21-7-12-24(13-8-21)34-17-16-31-15-3-2-4-27(31)30/h5-14,18,27,29,32-33H,2-4,15-17H2,1H3/p+1/t27?,29-/m0/s1. The number of fused-ring (bicyclic) bond motifs is 1. The van der Waals surface area contributed by atoms with E-state index in [0.29, 0.717) is 12.4 Å². The number of rotatable bonds is 6. The first-order valence-corrected chi connectivity index (χ1v) is 12.6. The number of quaternary nitrogens is 1. The second kappa shape index (κ2) is 10.2. The number of halogens is 1. The van der Waals surface area contributed by atoms with Crippen LogP contribution in [0, 0.1) is 0 Å². The van der Waals surface area contributed by atoms with Gasteiger partial charge in [-0.25, -0.2) is 0 Å². The number of hydrogen-bond acceptors (Lipinski definition) is 4. The van der Waals surface area contributed by atoms with Gasteiger partial charge in [-0.15, -0.1) is 0 Å². The van der Waals surface area contributed by atoms with Crippen LogP contribution in [0.4, 0.5) is 0 Å². The van der Waals surface area contributed by atoms with E-state index in [-0.39, 0.29) is 23.1 Å². The van der Waals surface area contributed by atoms with Crippen molar-refractivity contribution in [1.29, 1.82) is 0 Å². The van der Waals surface area contributed by atoms with Gasteiger partial charge < -0.3 is 24.6 Å². The van der Waals surface area contributed by atoms with Crippen LogP contribution < -0.4 is 14.4 Å². The number of ether oxygens (including phenoxy) is 2. The molecule has 2 unspecified atom stereocenters. The van der Waals surface area contributed by atoms with E-state index in [0.717, 1.165) is 53.1 Å². The molecule has 1 saturated heterocycles. The Balaban J connectivity index is 1.38. The van der Waals surface area contributed by atoms with Crippen LogP contribution in [0.25, 0.3) is 11.1 Å². The Morgan fingerprint density at radius 3 is 2.46 bits per heavy atom. The Kier molecular flexibility index (Phi) is 6.89. The Labute approximate surface area is 211 Å². The summed E-state index contributed by atoms with van der Waals surface area (Å²) >= 11 is 6.46. The lowest BCUT2D eigenvalue weighted by Gasteiger charge is -2.31. The molecule has 1 fully saturated rings. The molecule has 0 saturated carbocycles. The number of aromatic hydroxyl groups is 2. The molecule has 6 heteroatoms. The molecule has 0 bridgehead atoms. The van der Waals surface area contributed by atoms with Crippen LogP contribution in [-0.4, -0.2) is 35.4 Å². The van der Waals surface area contributed by atoms with Crippen molar-refractivity contribution in [2.75, 3.05) is 19.7 Å². The van der Waals surface area contributed by atoms with Crippen LogP contribution >= 0.6 is 11.6 Å². The van der Waals surface area contributed by atoms with Gasteiger partial charge in [-0.3, -0.25) is 0 Å². The van der Waals surface area contributed by atoms with Gasteiger partial charge in [0.05, 0.1) is 6.54 Å².